The van der Waals surface area contributed by atoms with Crippen LogP contribution in [-0.4, -0.2) is 38.4 Å². The first kappa shape index (κ1) is 19.8. The van der Waals surface area contributed by atoms with Crippen LogP contribution in [0.15, 0.2) is 21.8 Å². The first-order valence-electron chi connectivity index (χ1n) is 9.60. The molecule has 2 heterocycles. The maximum absolute atomic E-state index is 10.8. The molecule has 148 valence electrons. The van der Waals surface area contributed by atoms with Gasteiger partial charge in [-0.05, 0) is 49.1 Å². The minimum Gasteiger partial charge on any atom is -0.384 e. The predicted molar refractivity (Wildman–Crippen MR) is 109 cm³/mol. The van der Waals surface area contributed by atoms with E-state index in [9.17, 15) is 5.11 Å². The number of aryl methyl sites for hydroxylation is 1. The van der Waals surface area contributed by atoms with E-state index in [4.69, 9.17) is 4.99 Å². The Labute approximate surface area is 164 Å². The second-order valence-electron chi connectivity index (χ2n) is 7.51. The van der Waals surface area contributed by atoms with E-state index in [2.05, 4.69) is 20.8 Å². The molecule has 0 aliphatic heterocycles. The van der Waals surface area contributed by atoms with Gasteiger partial charge < -0.3 is 20.3 Å². The molecule has 3 N–H and O–H groups in total. The third-order valence-corrected chi connectivity index (χ3v) is 5.93. The van der Waals surface area contributed by atoms with E-state index in [0.717, 1.165) is 36.0 Å². The van der Waals surface area contributed by atoms with Gasteiger partial charge in [-0.2, -0.15) is 11.3 Å². The lowest BCUT2D eigenvalue weighted by molar-refractivity contribution is 0.0620. The molecule has 0 radical (unpaired) electrons. The van der Waals surface area contributed by atoms with E-state index in [1.807, 2.05) is 42.3 Å². The van der Waals surface area contributed by atoms with Crippen molar-refractivity contribution in [3.63, 3.8) is 0 Å². The summed E-state index contributed by atoms with van der Waals surface area (Å²) in [6, 6.07) is 2.39. The third kappa shape index (κ3) is 5.29. The molecule has 7 nitrogen and oxygen atoms in total. The van der Waals surface area contributed by atoms with Crippen LogP contribution in [0, 0.1) is 6.92 Å². The summed E-state index contributed by atoms with van der Waals surface area (Å²) in [6.07, 6.45) is 6.12. The first-order valence-corrected chi connectivity index (χ1v) is 10.5. The normalized spacial score (nSPS) is 18.3. The van der Waals surface area contributed by atoms with Crippen molar-refractivity contribution < 1.29 is 5.11 Å². The van der Waals surface area contributed by atoms with Crippen molar-refractivity contribution in [2.24, 2.45) is 12.0 Å². The summed E-state index contributed by atoms with van der Waals surface area (Å²) >= 11 is 1.59. The number of hydrogen-bond acceptors (Lipinski definition) is 5. The van der Waals surface area contributed by atoms with Gasteiger partial charge in [0, 0.05) is 13.1 Å². The quantitative estimate of drug-likeness (QED) is 0.521. The average Bonchev–Trinajstić information content (AvgIpc) is 3.31. The second kappa shape index (κ2) is 8.84. The molecule has 2 aromatic rings. The number of nitrogens with one attached hydrogen (secondary N) is 2. The molecule has 0 aromatic carbocycles. The second-order valence-corrected chi connectivity index (χ2v) is 8.29. The van der Waals surface area contributed by atoms with Gasteiger partial charge in [0.05, 0.1) is 6.54 Å². The van der Waals surface area contributed by atoms with Crippen molar-refractivity contribution in [1.29, 1.82) is 0 Å². The fourth-order valence-corrected chi connectivity index (χ4v) is 4.04. The first-order chi connectivity index (χ1) is 13.0. The molecule has 1 unspecified atom stereocenters. The fourth-order valence-electron chi connectivity index (χ4n) is 3.26. The van der Waals surface area contributed by atoms with Gasteiger partial charge in [0.25, 0.3) is 0 Å². The van der Waals surface area contributed by atoms with Crippen molar-refractivity contribution in [2.45, 2.75) is 64.1 Å². The van der Waals surface area contributed by atoms with Gasteiger partial charge >= 0.3 is 0 Å². The number of aliphatic imine (C=N–C) groups is 1. The van der Waals surface area contributed by atoms with Crippen molar-refractivity contribution in [3.8, 4) is 0 Å². The summed E-state index contributed by atoms with van der Waals surface area (Å²) in [7, 11) is 1.95. The fraction of sp³-hybridized carbons (Fsp3) is 0.632. The highest BCUT2D eigenvalue weighted by Gasteiger charge is 2.24. The highest BCUT2D eigenvalue weighted by Crippen LogP contribution is 2.22. The molecule has 0 saturated heterocycles. The summed E-state index contributed by atoms with van der Waals surface area (Å²) in [5, 5.41) is 29.9. The Balaban J connectivity index is 1.68. The molecule has 0 spiro atoms. The lowest BCUT2D eigenvalue weighted by Crippen LogP contribution is -2.48. The summed E-state index contributed by atoms with van der Waals surface area (Å²) in [5.74, 6) is 2.41. The topological polar surface area (TPSA) is 87.4 Å². The summed E-state index contributed by atoms with van der Waals surface area (Å²) in [6.45, 7) is 4.59. The molecule has 2 aromatic heterocycles. The van der Waals surface area contributed by atoms with E-state index in [0.29, 0.717) is 19.1 Å². The van der Waals surface area contributed by atoms with Gasteiger partial charge in [0.15, 0.2) is 11.8 Å². The zero-order chi connectivity index (χ0) is 19.3. The van der Waals surface area contributed by atoms with Crippen LogP contribution >= 0.6 is 11.3 Å². The number of thiophene rings is 1. The molecule has 0 bridgehead atoms. The smallest absolute Gasteiger partial charge is 0.192 e. The molecule has 1 fully saturated rings. The highest BCUT2D eigenvalue weighted by molar-refractivity contribution is 7.08. The van der Waals surface area contributed by atoms with Crippen molar-refractivity contribution in [3.05, 3.63) is 34.0 Å². The molecule has 27 heavy (non-hydrogen) atoms. The number of nitrogens with zero attached hydrogens (tertiary/aromatic N) is 4. The maximum Gasteiger partial charge on any atom is 0.192 e. The van der Waals surface area contributed by atoms with Gasteiger partial charge in [-0.25, -0.2) is 4.99 Å². The van der Waals surface area contributed by atoms with Gasteiger partial charge in [0.2, 0.25) is 0 Å². The number of rotatable bonds is 6. The van der Waals surface area contributed by atoms with Crippen LogP contribution in [0.1, 0.15) is 56.2 Å². The summed E-state index contributed by atoms with van der Waals surface area (Å²) in [5.41, 5.74) is -0.0305. The third-order valence-electron chi connectivity index (χ3n) is 5.25. The van der Waals surface area contributed by atoms with E-state index in [1.54, 1.807) is 11.3 Å². The minimum absolute atomic E-state index is 0.389. The number of hydrogen-bond donors (Lipinski definition) is 3. The van der Waals surface area contributed by atoms with Crippen molar-refractivity contribution in [1.82, 2.24) is 25.4 Å². The summed E-state index contributed by atoms with van der Waals surface area (Å²) in [4.78, 5) is 4.71. The largest absolute Gasteiger partial charge is 0.384 e. The molecule has 1 atom stereocenters. The average molecular weight is 391 g/mol. The zero-order valence-corrected chi connectivity index (χ0v) is 17.2. The van der Waals surface area contributed by atoms with Crippen LogP contribution in [0.25, 0.3) is 0 Å². The molecule has 0 amide bonds. The Kier molecular flexibility index (Phi) is 6.49. The standard InChI is InChI=1S/C19H30N6OS/c1-14-23-24-17(25(14)3)11-20-18(22-16-7-5-4-6-8-16)21-13-19(2,26)15-9-10-27-12-15/h9-10,12,16,26H,4-8,11,13H2,1-3H3,(H2,20,21,22). The van der Waals surface area contributed by atoms with Crippen molar-refractivity contribution in [2.75, 3.05) is 6.54 Å². The molecule has 8 heteroatoms. The van der Waals surface area contributed by atoms with Crippen LogP contribution in [0.2, 0.25) is 0 Å². The molecule has 1 aliphatic carbocycles. The van der Waals surface area contributed by atoms with E-state index >= 15 is 0 Å². The van der Waals surface area contributed by atoms with Crippen LogP contribution in [0.3, 0.4) is 0 Å². The highest BCUT2D eigenvalue weighted by atomic mass is 32.1. The molecule has 1 saturated carbocycles. The molecular weight excluding hydrogens is 360 g/mol. The SMILES string of the molecule is Cc1nnc(CN=C(NCC(C)(O)c2ccsc2)NC2CCCCC2)n1C. The zero-order valence-electron chi connectivity index (χ0n) is 16.4. The number of aromatic nitrogens is 3. The Morgan fingerprint density at radius 1 is 1.37 bits per heavy atom. The van der Waals surface area contributed by atoms with Crippen molar-refractivity contribution >= 4 is 17.3 Å². The Bertz CT molecular complexity index is 746. The lowest BCUT2D eigenvalue weighted by atomic mass is 9.95. The predicted octanol–water partition coefficient (Wildman–Crippen LogP) is 2.46. The summed E-state index contributed by atoms with van der Waals surface area (Å²) < 4.78 is 1.95. The van der Waals surface area contributed by atoms with Gasteiger partial charge in [-0.3, -0.25) is 0 Å². The maximum atomic E-state index is 10.8. The Morgan fingerprint density at radius 2 is 2.15 bits per heavy atom. The number of guanidine groups is 1. The van der Waals surface area contributed by atoms with Crippen LogP contribution in [0.5, 0.6) is 0 Å². The van der Waals surface area contributed by atoms with Crippen LogP contribution in [0.4, 0.5) is 0 Å². The van der Waals surface area contributed by atoms with E-state index in [1.165, 1.54) is 19.3 Å². The van der Waals surface area contributed by atoms with Gasteiger partial charge in [-0.15, -0.1) is 10.2 Å². The van der Waals surface area contributed by atoms with Crippen LogP contribution in [-0.2, 0) is 19.2 Å². The molecule has 3 rings (SSSR count). The van der Waals surface area contributed by atoms with Crippen LogP contribution < -0.4 is 10.6 Å². The Hall–Kier alpha value is -1.93. The molecule has 1 aliphatic rings. The monoisotopic (exact) mass is 390 g/mol. The van der Waals surface area contributed by atoms with E-state index in [-0.39, 0.29) is 0 Å². The van der Waals surface area contributed by atoms with Gasteiger partial charge in [0.1, 0.15) is 18.0 Å². The Morgan fingerprint density at radius 3 is 2.78 bits per heavy atom. The van der Waals surface area contributed by atoms with Gasteiger partial charge in [-0.1, -0.05) is 19.3 Å². The van der Waals surface area contributed by atoms with E-state index < -0.39 is 5.60 Å². The number of aliphatic hydroxyl groups is 1. The minimum atomic E-state index is -0.948. The lowest BCUT2D eigenvalue weighted by Gasteiger charge is -2.28. The molecular formula is C19H30N6OS.